The monoisotopic (exact) mass is 300 g/mol. The van der Waals surface area contributed by atoms with E-state index in [1.807, 2.05) is 11.3 Å². The molecule has 0 radical (unpaired) electrons. The number of aryl methyl sites for hydroxylation is 2. The van der Waals surface area contributed by atoms with Crippen molar-refractivity contribution in [3.8, 4) is 0 Å². The summed E-state index contributed by atoms with van der Waals surface area (Å²) in [4.78, 5) is 5.96. The Morgan fingerprint density at radius 1 is 1.33 bits per heavy atom. The fourth-order valence-corrected chi connectivity index (χ4v) is 4.15. The fraction of sp³-hybridized carbons (Fsp3) is 0.500. The van der Waals surface area contributed by atoms with E-state index in [2.05, 4.69) is 55.3 Å². The van der Waals surface area contributed by atoms with Gasteiger partial charge in [0.05, 0.1) is 16.7 Å². The lowest BCUT2D eigenvalue weighted by atomic mass is 9.79. The lowest BCUT2D eigenvalue weighted by molar-refractivity contribution is 0.419. The second kappa shape index (κ2) is 6.29. The van der Waals surface area contributed by atoms with Crippen molar-refractivity contribution in [2.75, 3.05) is 6.54 Å². The molecule has 1 unspecified atom stereocenters. The van der Waals surface area contributed by atoms with Crippen LogP contribution in [0.4, 0.5) is 0 Å². The normalized spacial score (nSPS) is 16.7. The average Bonchev–Trinajstić information content (AvgIpc) is 2.73. The van der Waals surface area contributed by atoms with Crippen molar-refractivity contribution in [3.05, 3.63) is 51.0 Å². The summed E-state index contributed by atoms with van der Waals surface area (Å²) in [5.41, 5.74) is 4.06. The molecule has 0 saturated heterocycles. The minimum atomic E-state index is 0.279. The number of aromatic nitrogens is 1. The van der Waals surface area contributed by atoms with Crippen molar-refractivity contribution < 1.29 is 0 Å². The summed E-state index contributed by atoms with van der Waals surface area (Å²) in [5, 5.41) is 4.80. The summed E-state index contributed by atoms with van der Waals surface area (Å²) in [6, 6.07) is 9.45. The van der Waals surface area contributed by atoms with E-state index in [9.17, 15) is 0 Å². The zero-order valence-corrected chi connectivity index (χ0v) is 14.0. The lowest BCUT2D eigenvalue weighted by Crippen LogP contribution is -2.22. The topological polar surface area (TPSA) is 24.9 Å². The van der Waals surface area contributed by atoms with Crippen LogP contribution in [0.5, 0.6) is 0 Å². The first-order valence-corrected chi connectivity index (χ1v) is 8.78. The molecular formula is C18H24N2S. The van der Waals surface area contributed by atoms with Gasteiger partial charge in [0.25, 0.3) is 0 Å². The van der Waals surface area contributed by atoms with Gasteiger partial charge in [-0.25, -0.2) is 4.98 Å². The molecule has 1 aromatic heterocycles. The molecule has 0 amide bonds. The first kappa shape index (κ1) is 14.7. The molecule has 0 aliphatic heterocycles. The van der Waals surface area contributed by atoms with Crippen LogP contribution in [0.2, 0.25) is 0 Å². The third-order valence-corrected chi connectivity index (χ3v) is 5.57. The Bertz CT molecular complexity index is 613. The largest absolute Gasteiger partial charge is 0.306 e. The molecule has 0 spiro atoms. The quantitative estimate of drug-likeness (QED) is 0.863. The van der Waals surface area contributed by atoms with Crippen molar-refractivity contribution in [1.82, 2.24) is 10.3 Å². The lowest BCUT2D eigenvalue weighted by Gasteiger charge is -2.27. The fourth-order valence-electron chi connectivity index (χ4n) is 3.12. The van der Waals surface area contributed by atoms with Crippen LogP contribution in [0, 0.1) is 13.8 Å². The Hall–Kier alpha value is -1.19. The minimum absolute atomic E-state index is 0.279. The number of thiazole rings is 1. The van der Waals surface area contributed by atoms with Crippen LogP contribution in [-0.4, -0.2) is 11.5 Å². The Morgan fingerprint density at radius 3 is 2.71 bits per heavy atom. The maximum Gasteiger partial charge on any atom is 0.0900 e. The second-order valence-corrected chi connectivity index (χ2v) is 7.21. The van der Waals surface area contributed by atoms with Gasteiger partial charge in [-0.05, 0) is 50.3 Å². The molecule has 1 N–H and O–H groups in total. The summed E-state index contributed by atoms with van der Waals surface area (Å²) in [5.74, 6) is 0.788. The van der Waals surface area contributed by atoms with Crippen LogP contribution in [0.1, 0.15) is 64.9 Å². The van der Waals surface area contributed by atoms with Gasteiger partial charge in [-0.2, -0.15) is 0 Å². The highest BCUT2D eigenvalue weighted by Crippen LogP contribution is 2.38. The summed E-state index contributed by atoms with van der Waals surface area (Å²) in [6.07, 6.45) is 4.10. The number of benzene rings is 1. The minimum Gasteiger partial charge on any atom is -0.306 e. The van der Waals surface area contributed by atoms with Crippen molar-refractivity contribution in [2.24, 2.45) is 0 Å². The number of hydrogen-bond donors (Lipinski definition) is 1. The summed E-state index contributed by atoms with van der Waals surface area (Å²) in [7, 11) is 0. The predicted molar refractivity (Wildman–Crippen MR) is 90.1 cm³/mol. The van der Waals surface area contributed by atoms with Gasteiger partial charge in [0, 0.05) is 4.88 Å². The van der Waals surface area contributed by atoms with Gasteiger partial charge in [0.1, 0.15) is 0 Å². The zero-order valence-electron chi connectivity index (χ0n) is 13.1. The van der Waals surface area contributed by atoms with E-state index in [1.165, 1.54) is 35.3 Å². The molecule has 1 fully saturated rings. The second-order valence-electron chi connectivity index (χ2n) is 5.97. The van der Waals surface area contributed by atoms with Crippen molar-refractivity contribution in [1.29, 1.82) is 0 Å². The van der Waals surface area contributed by atoms with E-state index in [0.29, 0.717) is 0 Å². The zero-order chi connectivity index (χ0) is 14.8. The molecule has 0 bridgehead atoms. The third kappa shape index (κ3) is 3.04. The number of hydrogen-bond acceptors (Lipinski definition) is 3. The first-order chi connectivity index (χ1) is 10.2. The van der Waals surface area contributed by atoms with Gasteiger partial charge in [-0.1, -0.05) is 37.6 Å². The molecule has 1 aromatic carbocycles. The van der Waals surface area contributed by atoms with E-state index >= 15 is 0 Å². The first-order valence-electron chi connectivity index (χ1n) is 7.96. The Balaban J connectivity index is 1.95. The van der Waals surface area contributed by atoms with Crippen LogP contribution < -0.4 is 5.32 Å². The van der Waals surface area contributed by atoms with E-state index in [1.54, 1.807) is 0 Å². The Kier molecular flexibility index (Phi) is 4.41. The Morgan fingerprint density at radius 2 is 2.14 bits per heavy atom. The highest BCUT2D eigenvalue weighted by atomic mass is 32.1. The molecule has 2 aromatic rings. The molecule has 2 nitrogen and oxygen atoms in total. The van der Waals surface area contributed by atoms with Crippen molar-refractivity contribution >= 4 is 11.3 Å². The number of nitrogens with one attached hydrogen (secondary N) is 1. The smallest absolute Gasteiger partial charge is 0.0900 e. The number of nitrogens with zero attached hydrogens (tertiary/aromatic N) is 1. The maximum atomic E-state index is 4.60. The SMILES string of the molecule is CCNC(c1cccc(C2CCC2)c1)c1sc(C)nc1C. The van der Waals surface area contributed by atoms with Crippen LogP contribution in [0.15, 0.2) is 24.3 Å². The summed E-state index contributed by atoms with van der Waals surface area (Å²) >= 11 is 1.82. The summed E-state index contributed by atoms with van der Waals surface area (Å²) in [6.45, 7) is 7.36. The molecule has 1 atom stereocenters. The van der Waals surface area contributed by atoms with Gasteiger partial charge < -0.3 is 5.32 Å². The third-order valence-electron chi connectivity index (χ3n) is 4.43. The van der Waals surface area contributed by atoms with E-state index < -0.39 is 0 Å². The molecule has 3 rings (SSSR count). The van der Waals surface area contributed by atoms with E-state index in [4.69, 9.17) is 0 Å². The van der Waals surface area contributed by atoms with E-state index in [-0.39, 0.29) is 6.04 Å². The van der Waals surface area contributed by atoms with Gasteiger partial charge in [0.15, 0.2) is 0 Å². The van der Waals surface area contributed by atoms with Crippen LogP contribution in [-0.2, 0) is 0 Å². The molecule has 1 heterocycles. The average molecular weight is 300 g/mol. The van der Waals surface area contributed by atoms with Gasteiger partial charge in [-0.15, -0.1) is 11.3 Å². The highest BCUT2D eigenvalue weighted by Gasteiger charge is 2.22. The molecule has 21 heavy (non-hydrogen) atoms. The molecule has 112 valence electrons. The van der Waals surface area contributed by atoms with Crippen LogP contribution in [0.25, 0.3) is 0 Å². The van der Waals surface area contributed by atoms with Gasteiger partial charge in [0.2, 0.25) is 0 Å². The molecule has 1 saturated carbocycles. The van der Waals surface area contributed by atoms with Gasteiger partial charge in [-0.3, -0.25) is 0 Å². The van der Waals surface area contributed by atoms with E-state index in [0.717, 1.165) is 23.2 Å². The Labute approximate surface area is 131 Å². The van der Waals surface area contributed by atoms with Crippen molar-refractivity contribution in [2.45, 2.75) is 52.0 Å². The number of rotatable bonds is 5. The van der Waals surface area contributed by atoms with Gasteiger partial charge >= 0.3 is 0 Å². The standard InChI is InChI=1S/C18H24N2S/c1-4-19-17(18-12(2)20-13(3)21-18)16-10-6-9-15(11-16)14-7-5-8-14/h6,9-11,14,17,19H,4-5,7-8H2,1-3H3. The molecule has 1 aliphatic carbocycles. The molecule has 1 aliphatic rings. The summed E-state index contributed by atoms with van der Waals surface area (Å²) < 4.78 is 0. The molecular weight excluding hydrogens is 276 g/mol. The highest BCUT2D eigenvalue weighted by molar-refractivity contribution is 7.11. The van der Waals surface area contributed by atoms with Crippen LogP contribution in [0.3, 0.4) is 0 Å². The van der Waals surface area contributed by atoms with Crippen molar-refractivity contribution in [3.63, 3.8) is 0 Å². The molecule has 3 heteroatoms. The predicted octanol–water partition coefficient (Wildman–Crippen LogP) is 4.73. The van der Waals surface area contributed by atoms with Crippen LogP contribution >= 0.6 is 11.3 Å². The maximum absolute atomic E-state index is 4.60.